The van der Waals surface area contributed by atoms with Gasteiger partial charge in [-0.15, -0.1) is 0 Å². The van der Waals surface area contributed by atoms with E-state index in [1.807, 2.05) is 6.92 Å². The zero-order chi connectivity index (χ0) is 14.7. The molecule has 2 rings (SSSR count). The van der Waals surface area contributed by atoms with Gasteiger partial charge >= 0.3 is 0 Å². The fourth-order valence-corrected chi connectivity index (χ4v) is 2.36. The Labute approximate surface area is 125 Å². The normalized spacial score (nSPS) is 10.4. The van der Waals surface area contributed by atoms with Crippen LogP contribution in [0.3, 0.4) is 0 Å². The molecule has 0 aliphatic carbocycles. The second kappa shape index (κ2) is 6.13. The number of aryl methyl sites for hydroxylation is 1. The summed E-state index contributed by atoms with van der Waals surface area (Å²) in [7, 11) is 1.50. The van der Waals surface area contributed by atoms with Crippen molar-refractivity contribution in [3.05, 3.63) is 51.7 Å². The quantitative estimate of drug-likeness (QED) is 0.876. The predicted octanol–water partition coefficient (Wildman–Crippen LogP) is 4.22. The Hall–Kier alpha value is -1.75. The van der Waals surface area contributed by atoms with Crippen molar-refractivity contribution in [1.82, 2.24) is 0 Å². The number of anilines is 1. The molecule has 0 bridgehead atoms. The standard InChI is InChI=1S/C15H15BrFNO2/c1-9-3-4-11(17)7-13(9)18-8-10-5-12(16)15(19)14(6-10)20-2/h3-7,18-19H,8H2,1-2H3. The number of rotatable bonds is 4. The maximum atomic E-state index is 13.2. The molecule has 3 nitrogen and oxygen atoms in total. The molecule has 5 heteroatoms. The van der Waals surface area contributed by atoms with Gasteiger partial charge in [-0.05, 0) is 58.2 Å². The van der Waals surface area contributed by atoms with Gasteiger partial charge < -0.3 is 15.2 Å². The van der Waals surface area contributed by atoms with Gasteiger partial charge in [0.25, 0.3) is 0 Å². The first kappa shape index (κ1) is 14.7. The van der Waals surface area contributed by atoms with Crippen molar-refractivity contribution < 1.29 is 14.2 Å². The van der Waals surface area contributed by atoms with Gasteiger partial charge in [-0.25, -0.2) is 4.39 Å². The molecule has 0 spiro atoms. The monoisotopic (exact) mass is 339 g/mol. The number of hydrogen-bond acceptors (Lipinski definition) is 3. The summed E-state index contributed by atoms with van der Waals surface area (Å²) in [6.07, 6.45) is 0. The summed E-state index contributed by atoms with van der Waals surface area (Å²) in [5.74, 6) is 0.188. The van der Waals surface area contributed by atoms with Crippen LogP contribution in [0.25, 0.3) is 0 Å². The number of phenolic OH excluding ortho intramolecular Hbond substituents is 1. The Bertz CT molecular complexity index is 632. The molecule has 0 aromatic heterocycles. The van der Waals surface area contributed by atoms with Crippen LogP contribution in [0, 0.1) is 12.7 Å². The van der Waals surface area contributed by atoms with Gasteiger partial charge in [0.05, 0.1) is 11.6 Å². The summed E-state index contributed by atoms with van der Waals surface area (Å²) in [6, 6.07) is 8.15. The van der Waals surface area contributed by atoms with E-state index in [2.05, 4.69) is 21.2 Å². The number of benzene rings is 2. The predicted molar refractivity (Wildman–Crippen MR) is 80.8 cm³/mol. The first-order valence-electron chi connectivity index (χ1n) is 6.06. The lowest BCUT2D eigenvalue weighted by molar-refractivity contribution is 0.371. The summed E-state index contributed by atoms with van der Waals surface area (Å²) in [5.41, 5.74) is 2.62. The van der Waals surface area contributed by atoms with E-state index in [-0.39, 0.29) is 11.6 Å². The summed E-state index contributed by atoms with van der Waals surface area (Å²) < 4.78 is 18.9. The molecular weight excluding hydrogens is 325 g/mol. The fraction of sp³-hybridized carbons (Fsp3) is 0.200. The first-order chi connectivity index (χ1) is 9.51. The lowest BCUT2D eigenvalue weighted by atomic mass is 10.1. The third kappa shape index (κ3) is 3.22. The molecule has 0 atom stereocenters. The average molecular weight is 340 g/mol. The Kier molecular flexibility index (Phi) is 4.49. The molecule has 0 fully saturated rings. The second-order valence-corrected chi connectivity index (χ2v) is 5.30. The molecule has 0 amide bonds. The van der Waals surface area contributed by atoms with E-state index >= 15 is 0 Å². The number of methoxy groups -OCH3 is 1. The number of aromatic hydroxyl groups is 1. The molecule has 0 saturated heterocycles. The van der Waals surface area contributed by atoms with E-state index in [4.69, 9.17) is 4.74 Å². The highest BCUT2D eigenvalue weighted by Crippen LogP contribution is 2.35. The van der Waals surface area contributed by atoms with Gasteiger partial charge in [0.1, 0.15) is 5.82 Å². The molecule has 0 aliphatic heterocycles. The van der Waals surface area contributed by atoms with Crippen LogP contribution in [0.1, 0.15) is 11.1 Å². The molecule has 0 heterocycles. The molecule has 0 saturated carbocycles. The second-order valence-electron chi connectivity index (χ2n) is 4.44. The van der Waals surface area contributed by atoms with E-state index in [9.17, 15) is 9.50 Å². The van der Waals surface area contributed by atoms with Crippen LogP contribution in [0.15, 0.2) is 34.8 Å². The van der Waals surface area contributed by atoms with Crippen LogP contribution in [0.4, 0.5) is 10.1 Å². The van der Waals surface area contributed by atoms with E-state index < -0.39 is 0 Å². The molecule has 0 radical (unpaired) electrons. The number of hydrogen-bond donors (Lipinski definition) is 2. The van der Waals surface area contributed by atoms with Crippen molar-refractivity contribution in [2.45, 2.75) is 13.5 Å². The smallest absolute Gasteiger partial charge is 0.172 e. The van der Waals surface area contributed by atoms with Crippen LogP contribution >= 0.6 is 15.9 Å². The minimum Gasteiger partial charge on any atom is -0.503 e. The highest BCUT2D eigenvalue weighted by molar-refractivity contribution is 9.10. The lowest BCUT2D eigenvalue weighted by Gasteiger charge is -2.12. The van der Waals surface area contributed by atoms with Crippen LogP contribution in [0.5, 0.6) is 11.5 Å². The van der Waals surface area contributed by atoms with Crippen molar-refractivity contribution in [3.63, 3.8) is 0 Å². The molecule has 0 unspecified atom stereocenters. The molecule has 20 heavy (non-hydrogen) atoms. The molecule has 2 aromatic rings. The van der Waals surface area contributed by atoms with Gasteiger partial charge in [0, 0.05) is 12.2 Å². The number of halogens is 2. The van der Waals surface area contributed by atoms with Crippen LogP contribution in [0.2, 0.25) is 0 Å². The summed E-state index contributed by atoms with van der Waals surface area (Å²) in [6.45, 7) is 2.41. The molecular formula is C15H15BrFNO2. The third-order valence-corrected chi connectivity index (χ3v) is 3.60. The molecule has 2 aromatic carbocycles. The van der Waals surface area contributed by atoms with E-state index in [0.29, 0.717) is 16.8 Å². The molecule has 2 N–H and O–H groups in total. The van der Waals surface area contributed by atoms with Gasteiger partial charge in [0.15, 0.2) is 11.5 Å². The van der Waals surface area contributed by atoms with E-state index in [1.165, 1.54) is 19.2 Å². The number of phenols is 1. The fourth-order valence-electron chi connectivity index (χ4n) is 1.87. The zero-order valence-electron chi connectivity index (χ0n) is 11.2. The highest BCUT2D eigenvalue weighted by atomic mass is 79.9. The third-order valence-electron chi connectivity index (χ3n) is 2.99. The molecule has 0 aliphatic rings. The minimum atomic E-state index is -0.275. The number of ether oxygens (including phenoxy) is 1. The van der Waals surface area contributed by atoms with Crippen LogP contribution in [-0.2, 0) is 6.54 Å². The Morgan fingerprint density at radius 3 is 2.75 bits per heavy atom. The van der Waals surface area contributed by atoms with Crippen molar-refractivity contribution in [2.24, 2.45) is 0 Å². The van der Waals surface area contributed by atoms with Gasteiger partial charge in [0.2, 0.25) is 0 Å². The molecule has 106 valence electrons. The number of nitrogens with one attached hydrogen (secondary N) is 1. The Morgan fingerprint density at radius 2 is 2.05 bits per heavy atom. The van der Waals surface area contributed by atoms with Crippen molar-refractivity contribution in [1.29, 1.82) is 0 Å². The first-order valence-corrected chi connectivity index (χ1v) is 6.86. The van der Waals surface area contributed by atoms with E-state index in [1.54, 1.807) is 18.2 Å². The highest BCUT2D eigenvalue weighted by Gasteiger charge is 2.09. The minimum absolute atomic E-state index is 0.0678. The lowest BCUT2D eigenvalue weighted by Crippen LogP contribution is -2.02. The maximum absolute atomic E-state index is 13.2. The van der Waals surface area contributed by atoms with Crippen LogP contribution in [-0.4, -0.2) is 12.2 Å². The van der Waals surface area contributed by atoms with Gasteiger partial charge in [-0.2, -0.15) is 0 Å². The van der Waals surface area contributed by atoms with Crippen molar-refractivity contribution >= 4 is 21.6 Å². The van der Waals surface area contributed by atoms with E-state index in [0.717, 1.165) is 16.8 Å². The SMILES string of the molecule is COc1cc(CNc2cc(F)ccc2C)cc(Br)c1O. The van der Waals surface area contributed by atoms with Crippen molar-refractivity contribution in [2.75, 3.05) is 12.4 Å². The topological polar surface area (TPSA) is 41.5 Å². The zero-order valence-corrected chi connectivity index (χ0v) is 12.8. The van der Waals surface area contributed by atoms with Gasteiger partial charge in [-0.1, -0.05) is 6.07 Å². The summed E-state index contributed by atoms with van der Waals surface area (Å²) in [5, 5.41) is 12.9. The maximum Gasteiger partial charge on any atom is 0.172 e. The Morgan fingerprint density at radius 1 is 1.30 bits per heavy atom. The summed E-state index contributed by atoms with van der Waals surface area (Å²) in [4.78, 5) is 0. The van der Waals surface area contributed by atoms with Crippen molar-refractivity contribution in [3.8, 4) is 11.5 Å². The van der Waals surface area contributed by atoms with Gasteiger partial charge in [-0.3, -0.25) is 0 Å². The Balaban J connectivity index is 2.19. The summed E-state index contributed by atoms with van der Waals surface area (Å²) >= 11 is 3.27. The largest absolute Gasteiger partial charge is 0.503 e. The average Bonchev–Trinajstić information content (AvgIpc) is 2.43. The van der Waals surface area contributed by atoms with Crippen LogP contribution < -0.4 is 10.1 Å².